The van der Waals surface area contributed by atoms with Crippen LogP contribution in [0.25, 0.3) is 0 Å². The molecule has 2 amide bonds. The normalized spacial score (nSPS) is 14.9. The maximum Gasteiger partial charge on any atom is 0.274 e. The molecule has 1 aromatic heterocycles. The van der Waals surface area contributed by atoms with E-state index < -0.39 is 0 Å². The second kappa shape index (κ2) is 7.88. The molecule has 1 saturated heterocycles. The molecule has 0 atom stereocenters. The van der Waals surface area contributed by atoms with Crippen molar-refractivity contribution in [1.82, 2.24) is 19.8 Å². The van der Waals surface area contributed by atoms with E-state index in [-0.39, 0.29) is 11.8 Å². The SMILES string of the molecule is Cc1ccccc1CC(=O)N1CCCN(C(=O)c2cnccn2)CC1. The number of benzene rings is 1. The molecule has 1 fully saturated rings. The molecule has 2 heterocycles. The lowest BCUT2D eigenvalue weighted by Gasteiger charge is -2.22. The molecule has 1 aliphatic rings. The third-order valence-corrected chi connectivity index (χ3v) is 4.52. The van der Waals surface area contributed by atoms with Gasteiger partial charge in [0.2, 0.25) is 5.91 Å². The van der Waals surface area contributed by atoms with Gasteiger partial charge in [-0.2, -0.15) is 0 Å². The number of hydrogen-bond donors (Lipinski definition) is 0. The summed E-state index contributed by atoms with van der Waals surface area (Å²) < 4.78 is 0. The summed E-state index contributed by atoms with van der Waals surface area (Å²) in [6.45, 7) is 4.40. The summed E-state index contributed by atoms with van der Waals surface area (Å²) in [6, 6.07) is 7.95. The lowest BCUT2D eigenvalue weighted by Crippen LogP contribution is -2.38. The molecule has 130 valence electrons. The van der Waals surface area contributed by atoms with E-state index in [4.69, 9.17) is 0 Å². The van der Waals surface area contributed by atoms with Crippen LogP contribution in [0.2, 0.25) is 0 Å². The van der Waals surface area contributed by atoms with Crippen molar-refractivity contribution in [3.8, 4) is 0 Å². The predicted molar refractivity (Wildman–Crippen MR) is 94.0 cm³/mol. The summed E-state index contributed by atoms with van der Waals surface area (Å²) in [4.78, 5) is 36.7. The molecule has 25 heavy (non-hydrogen) atoms. The number of nitrogens with zero attached hydrogens (tertiary/aromatic N) is 4. The van der Waals surface area contributed by atoms with Crippen molar-refractivity contribution < 1.29 is 9.59 Å². The third-order valence-electron chi connectivity index (χ3n) is 4.52. The summed E-state index contributed by atoms with van der Waals surface area (Å²) in [5.74, 6) is -0.00981. The molecule has 3 rings (SSSR count). The van der Waals surface area contributed by atoms with Crippen molar-refractivity contribution in [2.45, 2.75) is 19.8 Å². The van der Waals surface area contributed by atoms with E-state index in [1.54, 1.807) is 11.1 Å². The van der Waals surface area contributed by atoms with E-state index in [1.165, 1.54) is 12.4 Å². The number of carbonyl (C=O) groups excluding carboxylic acids is 2. The average Bonchev–Trinajstić information content (AvgIpc) is 2.90. The van der Waals surface area contributed by atoms with Gasteiger partial charge in [0.15, 0.2) is 0 Å². The summed E-state index contributed by atoms with van der Waals surface area (Å²) in [6.07, 6.45) is 5.72. The Morgan fingerprint density at radius 3 is 2.56 bits per heavy atom. The number of carbonyl (C=O) groups is 2. The molecular weight excluding hydrogens is 316 g/mol. The van der Waals surface area contributed by atoms with Gasteiger partial charge in [0.05, 0.1) is 12.6 Å². The molecule has 0 N–H and O–H groups in total. The molecule has 0 aliphatic carbocycles. The van der Waals surface area contributed by atoms with Gasteiger partial charge in [-0.05, 0) is 24.5 Å². The Morgan fingerprint density at radius 1 is 1.04 bits per heavy atom. The molecule has 1 aliphatic heterocycles. The Bertz CT molecular complexity index is 748. The molecule has 0 bridgehead atoms. The first-order valence-corrected chi connectivity index (χ1v) is 8.53. The van der Waals surface area contributed by atoms with Crippen LogP contribution < -0.4 is 0 Å². The molecular formula is C19H22N4O2. The summed E-state index contributed by atoms with van der Waals surface area (Å²) in [5.41, 5.74) is 2.54. The lowest BCUT2D eigenvalue weighted by molar-refractivity contribution is -0.130. The van der Waals surface area contributed by atoms with Crippen LogP contribution >= 0.6 is 0 Å². The zero-order chi connectivity index (χ0) is 17.6. The summed E-state index contributed by atoms with van der Waals surface area (Å²) >= 11 is 0. The maximum absolute atomic E-state index is 12.6. The van der Waals surface area contributed by atoms with Gasteiger partial charge in [-0.1, -0.05) is 24.3 Å². The Morgan fingerprint density at radius 2 is 1.80 bits per heavy atom. The van der Waals surface area contributed by atoms with E-state index in [0.29, 0.717) is 38.3 Å². The number of amides is 2. The number of aryl methyl sites for hydroxylation is 1. The summed E-state index contributed by atoms with van der Waals surface area (Å²) in [7, 11) is 0. The molecule has 6 heteroatoms. The van der Waals surface area contributed by atoms with Crippen molar-refractivity contribution in [3.05, 3.63) is 59.7 Å². The Kier molecular flexibility index (Phi) is 5.38. The summed E-state index contributed by atoms with van der Waals surface area (Å²) in [5, 5.41) is 0. The van der Waals surface area contributed by atoms with Crippen molar-refractivity contribution in [2.75, 3.05) is 26.2 Å². The van der Waals surface area contributed by atoms with Crippen LogP contribution in [0.5, 0.6) is 0 Å². The van der Waals surface area contributed by atoms with Gasteiger partial charge in [0, 0.05) is 38.6 Å². The second-order valence-corrected chi connectivity index (χ2v) is 6.22. The topological polar surface area (TPSA) is 66.4 Å². The lowest BCUT2D eigenvalue weighted by atomic mass is 10.1. The number of rotatable bonds is 3. The Balaban J connectivity index is 1.60. The highest BCUT2D eigenvalue weighted by Gasteiger charge is 2.23. The van der Waals surface area contributed by atoms with E-state index in [0.717, 1.165) is 17.5 Å². The van der Waals surface area contributed by atoms with Gasteiger partial charge < -0.3 is 9.80 Å². The van der Waals surface area contributed by atoms with E-state index in [2.05, 4.69) is 9.97 Å². The van der Waals surface area contributed by atoms with Crippen LogP contribution in [-0.2, 0) is 11.2 Å². The Hall–Kier alpha value is -2.76. The maximum atomic E-state index is 12.6. The van der Waals surface area contributed by atoms with Crippen LogP contribution in [0.3, 0.4) is 0 Å². The Labute approximate surface area is 147 Å². The van der Waals surface area contributed by atoms with Gasteiger partial charge in [-0.25, -0.2) is 4.98 Å². The van der Waals surface area contributed by atoms with Crippen molar-refractivity contribution in [2.24, 2.45) is 0 Å². The average molecular weight is 338 g/mol. The molecule has 0 radical (unpaired) electrons. The quantitative estimate of drug-likeness (QED) is 0.854. The number of hydrogen-bond acceptors (Lipinski definition) is 4. The van der Waals surface area contributed by atoms with Crippen LogP contribution in [0.4, 0.5) is 0 Å². The minimum Gasteiger partial charge on any atom is -0.341 e. The molecule has 2 aromatic rings. The monoisotopic (exact) mass is 338 g/mol. The fourth-order valence-electron chi connectivity index (χ4n) is 3.02. The highest BCUT2D eigenvalue weighted by Crippen LogP contribution is 2.12. The first-order valence-electron chi connectivity index (χ1n) is 8.53. The van der Waals surface area contributed by atoms with Crippen molar-refractivity contribution >= 4 is 11.8 Å². The highest BCUT2D eigenvalue weighted by molar-refractivity contribution is 5.92. The van der Waals surface area contributed by atoms with Crippen molar-refractivity contribution in [3.63, 3.8) is 0 Å². The van der Waals surface area contributed by atoms with Gasteiger partial charge in [0.25, 0.3) is 5.91 Å². The fourth-order valence-corrected chi connectivity index (χ4v) is 3.02. The van der Waals surface area contributed by atoms with Gasteiger partial charge >= 0.3 is 0 Å². The zero-order valence-corrected chi connectivity index (χ0v) is 14.4. The van der Waals surface area contributed by atoms with Crippen LogP contribution in [-0.4, -0.2) is 57.8 Å². The minimum atomic E-state index is -0.124. The molecule has 1 aromatic carbocycles. The number of aromatic nitrogens is 2. The molecule has 0 saturated carbocycles. The molecule has 0 unspecified atom stereocenters. The highest BCUT2D eigenvalue weighted by atomic mass is 16.2. The second-order valence-electron chi connectivity index (χ2n) is 6.22. The first kappa shape index (κ1) is 17.1. The van der Waals surface area contributed by atoms with E-state index >= 15 is 0 Å². The fraction of sp³-hybridized carbons (Fsp3) is 0.368. The van der Waals surface area contributed by atoms with Gasteiger partial charge in [-0.3, -0.25) is 14.6 Å². The first-order chi connectivity index (χ1) is 12.1. The van der Waals surface area contributed by atoms with Gasteiger partial charge in [0.1, 0.15) is 5.69 Å². The van der Waals surface area contributed by atoms with Crippen LogP contribution in [0, 0.1) is 6.92 Å². The minimum absolute atomic E-state index is 0.114. The van der Waals surface area contributed by atoms with E-state index in [1.807, 2.05) is 36.1 Å². The predicted octanol–water partition coefficient (Wildman–Crippen LogP) is 1.70. The van der Waals surface area contributed by atoms with Gasteiger partial charge in [-0.15, -0.1) is 0 Å². The molecule has 6 nitrogen and oxygen atoms in total. The third kappa shape index (κ3) is 4.21. The molecule has 0 spiro atoms. The smallest absolute Gasteiger partial charge is 0.274 e. The zero-order valence-electron chi connectivity index (χ0n) is 14.4. The van der Waals surface area contributed by atoms with Crippen molar-refractivity contribution in [1.29, 1.82) is 0 Å². The van der Waals surface area contributed by atoms with Crippen LogP contribution in [0.15, 0.2) is 42.9 Å². The standard InChI is InChI=1S/C19H22N4O2/c1-15-5-2-3-6-16(15)13-18(24)22-9-4-10-23(12-11-22)19(25)17-14-20-7-8-21-17/h2-3,5-8,14H,4,9-13H2,1H3. The largest absolute Gasteiger partial charge is 0.341 e. The van der Waals surface area contributed by atoms with E-state index in [9.17, 15) is 9.59 Å². The van der Waals surface area contributed by atoms with Crippen LogP contribution in [0.1, 0.15) is 28.0 Å².